The summed E-state index contributed by atoms with van der Waals surface area (Å²) in [5.74, 6) is 1.79. The Morgan fingerprint density at radius 3 is 2.05 bits per heavy atom. The predicted octanol–water partition coefficient (Wildman–Crippen LogP) is 11.5. The number of carbonyl (C=O) groups excluding carboxylic acids is 2. The van der Waals surface area contributed by atoms with Gasteiger partial charge in [-0.05, 0) is 69.1 Å². The highest BCUT2D eigenvalue weighted by Crippen LogP contribution is 2.32. The first-order valence-corrected chi connectivity index (χ1v) is 15.7. The Morgan fingerprint density at radius 1 is 0.951 bits per heavy atom. The molecule has 0 aliphatic carbocycles. The van der Waals surface area contributed by atoms with Crippen LogP contribution in [0.1, 0.15) is 132 Å². The Kier molecular flexibility index (Phi) is 9.82. The smallest absolute Gasteiger partial charge is 0.250 e. The topological polar surface area (TPSA) is 40.6 Å². The van der Waals surface area contributed by atoms with Crippen LogP contribution >= 0.6 is 0 Å². The van der Waals surface area contributed by atoms with Crippen molar-refractivity contribution in [2.24, 2.45) is 11.8 Å². The van der Waals surface area contributed by atoms with Crippen molar-refractivity contribution >= 4 is 11.8 Å². The number of nitrogens with zero attached hydrogens (tertiary/aromatic N) is 2. The molecule has 0 bridgehead atoms. The monoisotopic (exact) mass is 591 g/mol. The second kappa shape index (κ2) is 15.7. The summed E-state index contributed by atoms with van der Waals surface area (Å²) < 4.78 is 50.0. The Morgan fingerprint density at radius 2 is 1.51 bits per heavy atom. The van der Waals surface area contributed by atoms with Gasteiger partial charge in [-0.2, -0.15) is 0 Å². The summed E-state index contributed by atoms with van der Waals surface area (Å²) in [6, 6.07) is 20.9. The number of rotatable bonds is 11. The second-order valence-electron chi connectivity index (χ2n) is 12.2. The lowest BCUT2D eigenvalue weighted by molar-refractivity contribution is -0.129. The molecule has 2 aromatic carbocycles. The van der Waals surface area contributed by atoms with E-state index in [0.717, 1.165) is 43.8 Å². The van der Waals surface area contributed by atoms with E-state index in [1.165, 1.54) is 41.5 Å². The van der Waals surface area contributed by atoms with Crippen molar-refractivity contribution in [3.05, 3.63) is 94.6 Å². The van der Waals surface area contributed by atoms with E-state index >= 15 is 0 Å². The molecular formula is C37H72N2O2. The molecule has 1 saturated heterocycles. The van der Waals surface area contributed by atoms with E-state index in [0.29, 0.717) is 11.8 Å². The van der Waals surface area contributed by atoms with E-state index in [2.05, 4.69) is 76.8 Å². The minimum absolute atomic E-state index is 0. The molecule has 0 aromatic heterocycles. The number of allylic oxidation sites excluding steroid dienone is 1. The van der Waals surface area contributed by atoms with Crippen LogP contribution in [0.15, 0.2) is 83.5 Å². The summed E-state index contributed by atoms with van der Waals surface area (Å²) in [5.41, 5.74) is 5.85. The third-order valence-corrected chi connectivity index (χ3v) is 8.72. The Hall–Kier alpha value is -3.14. The van der Waals surface area contributed by atoms with Crippen molar-refractivity contribution in [2.45, 2.75) is 99.1 Å². The SMILES string of the molecule is CCCC(C)=CC1=C(C)C(=O)N(C(C)c2ccccc2)C1.CCCC(C)CC1CC(=O)N(C(C)c2ccccc2)C1.[2HH].[2HH].[2HH].[2HH].[2H][2H].[2H][2H].[2H][2H].[2H][2H].[2H][2H].[HH]. The Balaban J connectivity index is -0.000000104. The van der Waals surface area contributed by atoms with Gasteiger partial charge in [-0.1, -0.05) is 112 Å². The first-order valence-electron chi connectivity index (χ1n) is 20.7. The van der Waals surface area contributed by atoms with Crippen molar-refractivity contribution in [1.82, 2.24) is 9.80 Å². The molecule has 4 rings (SSSR count). The van der Waals surface area contributed by atoms with Gasteiger partial charge in [0, 0.05) is 47.1 Å². The molecule has 41 heavy (non-hydrogen) atoms. The predicted molar refractivity (Wildman–Crippen MR) is 192 cm³/mol. The van der Waals surface area contributed by atoms with Crippen molar-refractivity contribution in [2.75, 3.05) is 13.1 Å². The highest BCUT2D eigenvalue weighted by atomic mass is 16.2. The highest BCUT2D eigenvalue weighted by Gasteiger charge is 2.33. The first-order chi connectivity index (χ1) is 24.7. The van der Waals surface area contributed by atoms with E-state index in [9.17, 15) is 9.59 Å². The van der Waals surface area contributed by atoms with E-state index < -0.39 is 0 Å². The zero-order valence-electron chi connectivity index (χ0n) is 36.5. The minimum atomic E-state index is 0. The van der Waals surface area contributed by atoms with Crippen LogP contribution in [-0.4, -0.2) is 34.7 Å². The summed E-state index contributed by atoms with van der Waals surface area (Å²) >= 11 is 0. The van der Waals surface area contributed by atoms with Crippen LogP contribution < -0.4 is 0 Å². The Labute approximate surface area is 272 Å². The fraction of sp³-hybridized carbons (Fsp3) is 0.514. The molecule has 2 aliphatic rings. The number of benzene rings is 2. The average molecular weight is 591 g/mol. The largest absolute Gasteiger partial charge is 0.336 e. The molecule has 0 spiro atoms. The molecule has 2 amide bonds. The molecule has 4 heteroatoms. The lowest BCUT2D eigenvalue weighted by atomic mass is 9.92. The lowest BCUT2D eigenvalue weighted by Gasteiger charge is -2.25. The van der Waals surface area contributed by atoms with Gasteiger partial charge in [-0.3, -0.25) is 9.59 Å². The van der Waals surface area contributed by atoms with Gasteiger partial charge in [-0.25, -0.2) is 0 Å². The third-order valence-electron chi connectivity index (χ3n) is 8.72. The number of hydrogen-bond acceptors (Lipinski definition) is 2. The van der Waals surface area contributed by atoms with Crippen LogP contribution in [0.5, 0.6) is 0 Å². The maximum absolute atomic E-state index is 12.5. The van der Waals surface area contributed by atoms with Gasteiger partial charge in [0.15, 0.2) is 0 Å². The van der Waals surface area contributed by atoms with Gasteiger partial charge in [0.2, 0.25) is 5.91 Å². The molecule has 4 unspecified atom stereocenters. The molecule has 4 atom stereocenters. The van der Waals surface area contributed by atoms with Gasteiger partial charge >= 0.3 is 0 Å². The molecule has 2 aromatic rings. The van der Waals surface area contributed by atoms with Crippen molar-refractivity contribution in [3.63, 3.8) is 0 Å². The summed E-state index contributed by atoms with van der Waals surface area (Å²) in [6.07, 6.45) is 8.90. The Bertz CT molecular complexity index is 1230. The van der Waals surface area contributed by atoms with Gasteiger partial charge in [0.05, 0.1) is 12.1 Å². The molecule has 242 valence electrons. The number of hydrogen-bond donors (Lipinski definition) is 0. The zero-order valence-corrected chi connectivity index (χ0v) is 26.5. The van der Waals surface area contributed by atoms with Crippen LogP contribution in [0.25, 0.3) is 0 Å². The summed E-state index contributed by atoms with van der Waals surface area (Å²) in [6.45, 7) is 16.7. The molecule has 4 nitrogen and oxygen atoms in total. The maximum atomic E-state index is 12.5. The van der Waals surface area contributed by atoms with E-state index in [4.69, 9.17) is 14.8 Å². The zero-order chi connectivity index (χ0) is 39.9. The summed E-state index contributed by atoms with van der Waals surface area (Å²) in [4.78, 5) is 28.8. The highest BCUT2D eigenvalue weighted by molar-refractivity contribution is 5.97. The van der Waals surface area contributed by atoms with Crippen LogP contribution in [0, 0.1) is 11.8 Å². The number of carbonyl (C=O) groups is 2. The lowest BCUT2D eigenvalue weighted by Crippen LogP contribution is -2.30. The molecule has 2 aliphatic heterocycles. The molecule has 1 fully saturated rings. The van der Waals surface area contributed by atoms with E-state index in [1.807, 2.05) is 48.2 Å². The van der Waals surface area contributed by atoms with Crippen molar-refractivity contribution in [3.8, 4) is 0 Å². The van der Waals surface area contributed by atoms with Crippen LogP contribution in [0.3, 0.4) is 0 Å². The second-order valence-corrected chi connectivity index (χ2v) is 12.2. The van der Waals surface area contributed by atoms with Gasteiger partial charge < -0.3 is 9.80 Å². The summed E-state index contributed by atoms with van der Waals surface area (Å²) in [7, 11) is 0. The minimum Gasteiger partial charge on any atom is -0.336 e. The molecule has 0 N–H and O–H groups in total. The van der Waals surface area contributed by atoms with E-state index in [1.54, 1.807) is 0 Å². The molecule has 2 heterocycles. The number of amides is 2. The van der Waals surface area contributed by atoms with Crippen molar-refractivity contribution < 1.29 is 31.6 Å². The number of likely N-dealkylation sites (tertiary alicyclic amines) is 1. The normalized spacial score (nSPS) is 20.8. The first kappa shape index (κ1) is 25.6. The van der Waals surface area contributed by atoms with Crippen LogP contribution in [0.4, 0.5) is 0 Å². The van der Waals surface area contributed by atoms with E-state index in [-0.39, 0.29) is 25.1 Å². The summed E-state index contributed by atoms with van der Waals surface area (Å²) in [5, 5.41) is 0. The van der Waals surface area contributed by atoms with Crippen LogP contribution in [-0.2, 0) is 9.59 Å². The van der Waals surface area contributed by atoms with Crippen molar-refractivity contribution in [1.29, 1.82) is 0 Å². The molecular weight excluding hydrogens is 504 g/mol. The van der Waals surface area contributed by atoms with Gasteiger partial charge in [0.25, 0.3) is 5.91 Å². The fourth-order valence-corrected chi connectivity index (χ4v) is 6.30. The molecule has 0 radical (unpaired) electrons. The van der Waals surface area contributed by atoms with Crippen LogP contribution in [0.2, 0.25) is 0 Å². The van der Waals surface area contributed by atoms with Gasteiger partial charge in [-0.15, -0.1) is 0 Å². The quantitative estimate of drug-likeness (QED) is 0.261. The average Bonchev–Trinajstić information content (AvgIpc) is 3.69. The standard InChI is InChI=1S/C19H25NO.C18H27NO.10H2/c1-5-9-14(2)12-18-13-20(19(21)15(18)3)16(4)17-10-7-6-8-11-17;1-4-8-14(2)11-16-12-18(20)19(13-16)15(3)17-9-6-5-7-10-17;;;;;;;;;;/h6-8,10-12,16H,5,9,13H2,1-4H3;5-7,9-10,14-16H,4,8,11-13H2,1-3H3;10*1H/i;;5*1+1D;4*1+1;. The fourth-order valence-electron chi connectivity index (χ4n) is 6.30. The third kappa shape index (κ3) is 8.92. The maximum Gasteiger partial charge on any atom is 0.250 e. The van der Waals surface area contributed by atoms with Gasteiger partial charge in [0.1, 0.15) is 0 Å². The molecule has 0 saturated carbocycles.